The van der Waals surface area contributed by atoms with E-state index in [1.54, 1.807) is 12.3 Å². The van der Waals surface area contributed by atoms with Crippen molar-refractivity contribution in [1.82, 2.24) is 14.9 Å². The molecule has 0 saturated carbocycles. The van der Waals surface area contributed by atoms with Crippen LogP contribution in [-0.2, 0) is 6.54 Å². The van der Waals surface area contributed by atoms with E-state index in [0.717, 1.165) is 11.1 Å². The molecular weight excluding hydrogens is 293 g/mol. The topological polar surface area (TPSA) is 52.1 Å². The lowest BCUT2D eigenvalue weighted by Crippen LogP contribution is -2.34. The Morgan fingerprint density at radius 2 is 2.04 bits per heavy atom. The molecule has 0 spiro atoms. The number of rotatable bonds is 5. The Labute approximate surface area is 134 Å². The third kappa shape index (κ3) is 3.41. The number of pyridine rings is 1. The van der Waals surface area contributed by atoms with Crippen LogP contribution in [0.15, 0.2) is 48.7 Å². The maximum atomic E-state index is 13.3. The Kier molecular flexibility index (Phi) is 4.41. The van der Waals surface area contributed by atoms with E-state index in [9.17, 15) is 9.50 Å². The number of aromatic nitrogens is 2. The van der Waals surface area contributed by atoms with Crippen molar-refractivity contribution in [3.05, 3.63) is 65.9 Å². The molecular formula is C18H20FN3O. The summed E-state index contributed by atoms with van der Waals surface area (Å²) < 4.78 is 13.3. The highest BCUT2D eigenvalue weighted by molar-refractivity contribution is 5.80. The van der Waals surface area contributed by atoms with Gasteiger partial charge in [0.15, 0.2) is 0 Å². The fraction of sp³-hybridized carbons (Fsp3) is 0.278. The highest BCUT2D eigenvalue weighted by atomic mass is 19.1. The molecule has 0 aliphatic heterocycles. The standard InChI is InChI=1S/C18H20FN3O/c1-12(2)22(11-15-5-3-4-8-20-15)18(23)17-9-13-6-7-14(19)10-16(13)21-17/h3-10,12,18,21,23H,11H2,1-2H3. The van der Waals surface area contributed by atoms with Gasteiger partial charge in [0.2, 0.25) is 0 Å². The first kappa shape index (κ1) is 15.6. The minimum atomic E-state index is -0.813. The van der Waals surface area contributed by atoms with Gasteiger partial charge in [-0.25, -0.2) is 4.39 Å². The van der Waals surface area contributed by atoms with Crippen molar-refractivity contribution >= 4 is 10.9 Å². The highest BCUT2D eigenvalue weighted by Gasteiger charge is 2.22. The molecule has 0 radical (unpaired) electrons. The largest absolute Gasteiger partial charge is 0.372 e. The zero-order chi connectivity index (χ0) is 16.4. The maximum Gasteiger partial charge on any atom is 0.149 e. The third-order valence-electron chi connectivity index (χ3n) is 3.93. The smallest absolute Gasteiger partial charge is 0.149 e. The van der Waals surface area contributed by atoms with E-state index in [4.69, 9.17) is 0 Å². The summed E-state index contributed by atoms with van der Waals surface area (Å²) in [5, 5.41) is 11.6. The maximum absolute atomic E-state index is 13.3. The monoisotopic (exact) mass is 313 g/mol. The van der Waals surface area contributed by atoms with Gasteiger partial charge < -0.3 is 10.1 Å². The van der Waals surface area contributed by atoms with E-state index in [1.807, 2.05) is 43.0 Å². The predicted molar refractivity (Wildman–Crippen MR) is 88.1 cm³/mol. The molecule has 2 N–H and O–H groups in total. The Morgan fingerprint density at radius 3 is 2.74 bits per heavy atom. The average molecular weight is 313 g/mol. The van der Waals surface area contributed by atoms with Gasteiger partial charge in [0.25, 0.3) is 0 Å². The third-order valence-corrected chi connectivity index (χ3v) is 3.93. The number of aliphatic hydroxyl groups excluding tert-OH is 1. The lowest BCUT2D eigenvalue weighted by molar-refractivity contribution is -0.0283. The quantitative estimate of drug-likeness (QED) is 0.708. The van der Waals surface area contributed by atoms with Crippen molar-refractivity contribution in [3.63, 3.8) is 0 Å². The van der Waals surface area contributed by atoms with Crippen LogP contribution in [0.4, 0.5) is 4.39 Å². The number of halogens is 1. The van der Waals surface area contributed by atoms with E-state index in [0.29, 0.717) is 17.8 Å². The molecule has 2 heterocycles. The molecule has 3 rings (SSSR count). The second kappa shape index (κ2) is 6.48. The number of H-pyrrole nitrogens is 1. The summed E-state index contributed by atoms with van der Waals surface area (Å²) in [4.78, 5) is 9.36. The Bertz CT molecular complexity index is 785. The number of nitrogens with zero attached hydrogens (tertiary/aromatic N) is 2. The van der Waals surface area contributed by atoms with Crippen molar-refractivity contribution in [2.75, 3.05) is 0 Å². The number of fused-ring (bicyclic) bond motifs is 1. The lowest BCUT2D eigenvalue weighted by atomic mass is 10.2. The van der Waals surface area contributed by atoms with Crippen LogP contribution in [0, 0.1) is 5.82 Å². The first-order valence-electron chi connectivity index (χ1n) is 7.66. The van der Waals surface area contributed by atoms with Gasteiger partial charge in [-0.05, 0) is 50.2 Å². The molecule has 0 fully saturated rings. The molecule has 0 saturated heterocycles. The number of benzene rings is 1. The summed E-state index contributed by atoms with van der Waals surface area (Å²) in [6, 6.07) is 12.3. The molecule has 0 aliphatic rings. The van der Waals surface area contributed by atoms with Crippen molar-refractivity contribution in [2.45, 2.75) is 32.7 Å². The minimum absolute atomic E-state index is 0.121. The Morgan fingerprint density at radius 1 is 1.22 bits per heavy atom. The van der Waals surface area contributed by atoms with Crippen molar-refractivity contribution in [3.8, 4) is 0 Å². The van der Waals surface area contributed by atoms with Gasteiger partial charge in [0, 0.05) is 29.7 Å². The second-order valence-electron chi connectivity index (χ2n) is 5.92. The zero-order valence-electron chi connectivity index (χ0n) is 13.2. The molecule has 4 nitrogen and oxygen atoms in total. The zero-order valence-corrected chi connectivity index (χ0v) is 13.2. The van der Waals surface area contributed by atoms with E-state index in [-0.39, 0.29) is 11.9 Å². The molecule has 23 heavy (non-hydrogen) atoms. The summed E-state index contributed by atoms with van der Waals surface area (Å²) in [6.07, 6.45) is 0.929. The number of aliphatic hydroxyl groups is 1. The van der Waals surface area contributed by atoms with Crippen molar-refractivity contribution < 1.29 is 9.50 Å². The van der Waals surface area contributed by atoms with Crippen LogP contribution >= 0.6 is 0 Å². The fourth-order valence-corrected chi connectivity index (χ4v) is 2.67. The summed E-state index contributed by atoms with van der Waals surface area (Å²) in [5.74, 6) is -0.297. The van der Waals surface area contributed by atoms with E-state index in [1.165, 1.54) is 12.1 Å². The van der Waals surface area contributed by atoms with Crippen LogP contribution in [0.25, 0.3) is 10.9 Å². The summed E-state index contributed by atoms with van der Waals surface area (Å²) in [7, 11) is 0. The predicted octanol–water partition coefficient (Wildman–Crippen LogP) is 3.60. The van der Waals surface area contributed by atoms with Gasteiger partial charge in [-0.3, -0.25) is 9.88 Å². The SMILES string of the molecule is CC(C)N(Cc1ccccn1)C(O)c1cc2ccc(F)cc2[nH]1. The average Bonchev–Trinajstić information content (AvgIpc) is 2.95. The first-order valence-corrected chi connectivity index (χ1v) is 7.66. The molecule has 1 aromatic carbocycles. The molecule has 0 amide bonds. The molecule has 120 valence electrons. The second-order valence-corrected chi connectivity index (χ2v) is 5.92. The van der Waals surface area contributed by atoms with Crippen molar-refractivity contribution in [2.24, 2.45) is 0 Å². The fourth-order valence-electron chi connectivity index (χ4n) is 2.67. The van der Waals surface area contributed by atoms with Gasteiger partial charge in [-0.15, -0.1) is 0 Å². The van der Waals surface area contributed by atoms with Crippen LogP contribution in [0.3, 0.4) is 0 Å². The van der Waals surface area contributed by atoms with Gasteiger partial charge in [-0.1, -0.05) is 6.07 Å². The Balaban J connectivity index is 1.88. The van der Waals surface area contributed by atoms with Gasteiger partial charge in [0.1, 0.15) is 12.0 Å². The van der Waals surface area contributed by atoms with Crippen LogP contribution in [-0.4, -0.2) is 26.0 Å². The summed E-state index contributed by atoms with van der Waals surface area (Å²) in [6.45, 7) is 4.58. The lowest BCUT2D eigenvalue weighted by Gasteiger charge is -2.30. The van der Waals surface area contributed by atoms with Gasteiger partial charge >= 0.3 is 0 Å². The Hall–Kier alpha value is -2.24. The van der Waals surface area contributed by atoms with Crippen LogP contribution in [0.1, 0.15) is 31.5 Å². The molecule has 0 bridgehead atoms. The summed E-state index contributed by atoms with van der Waals surface area (Å²) in [5.41, 5.74) is 2.22. The molecule has 1 unspecified atom stereocenters. The molecule has 1 atom stereocenters. The van der Waals surface area contributed by atoms with E-state index in [2.05, 4.69) is 9.97 Å². The number of hydrogen-bond donors (Lipinski definition) is 2. The molecule has 3 aromatic rings. The highest BCUT2D eigenvalue weighted by Crippen LogP contribution is 2.25. The van der Waals surface area contributed by atoms with E-state index < -0.39 is 6.23 Å². The first-order chi connectivity index (χ1) is 11.0. The number of nitrogens with one attached hydrogen (secondary N) is 1. The van der Waals surface area contributed by atoms with Crippen molar-refractivity contribution in [1.29, 1.82) is 0 Å². The molecule has 5 heteroatoms. The van der Waals surface area contributed by atoms with Gasteiger partial charge in [0.05, 0.1) is 11.4 Å². The summed E-state index contributed by atoms with van der Waals surface area (Å²) >= 11 is 0. The number of hydrogen-bond acceptors (Lipinski definition) is 3. The normalized spacial score (nSPS) is 13.1. The van der Waals surface area contributed by atoms with E-state index >= 15 is 0 Å². The van der Waals surface area contributed by atoms with Crippen LogP contribution in [0.2, 0.25) is 0 Å². The molecule has 2 aromatic heterocycles. The van der Waals surface area contributed by atoms with Gasteiger partial charge in [-0.2, -0.15) is 0 Å². The minimum Gasteiger partial charge on any atom is -0.372 e. The van der Waals surface area contributed by atoms with Crippen LogP contribution < -0.4 is 0 Å². The molecule has 0 aliphatic carbocycles. The number of aromatic amines is 1. The van der Waals surface area contributed by atoms with Crippen LogP contribution in [0.5, 0.6) is 0 Å².